The lowest BCUT2D eigenvalue weighted by molar-refractivity contribution is -0.134. The van der Waals surface area contributed by atoms with Gasteiger partial charge in [-0.15, -0.1) is 11.8 Å². The van der Waals surface area contributed by atoms with Gasteiger partial charge in [0.2, 0.25) is 11.7 Å². The van der Waals surface area contributed by atoms with Crippen molar-refractivity contribution >= 4 is 23.6 Å². The minimum Gasteiger partial charge on any atom is -0.438 e. The summed E-state index contributed by atoms with van der Waals surface area (Å²) in [5.74, 6) is 1.75. The highest BCUT2D eigenvalue weighted by molar-refractivity contribution is 7.99. The zero-order chi connectivity index (χ0) is 18.7. The summed E-state index contributed by atoms with van der Waals surface area (Å²) in [7, 11) is 0. The van der Waals surface area contributed by atoms with Crippen molar-refractivity contribution in [2.75, 3.05) is 31.2 Å². The SMILES string of the molecule is O=C(NC1CC2(CCCN(C(=O)CSCC3CCCO3)C2)C1)c1cnco1. The Labute approximate surface area is 163 Å². The lowest BCUT2D eigenvalue weighted by Crippen LogP contribution is -2.58. The van der Waals surface area contributed by atoms with Gasteiger partial charge in [0, 0.05) is 31.5 Å². The van der Waals surface area contributed by atoms with E-state index in [1.165, 1.54) is 12.6 Å². The molecular formula is C19H27N3O4S. The van der Waals surface area contributed by atoms with Crippen LogP contribution in [0.3, 0.4) is 0 Å². The maximum atomic E-state index is 12.6. The van der Waals surface area contributed by atoms with E-state index < -0.39 is 0 Å². The van der Waals surface area contributed by atoms with Crippen LogP contribution in [-0.4, -0.2) is 65.0 Å². The number of aromatic nitrogens is 1. The molecule has 2 aliphatic heterocycles. The monoisotopic (exact) mass is 393 g/mol. The number of carbonyl (C=O) groups is 2. The van der Waals surface area contributed by atoms with Gasteiger partial charge in [0.15, 0.2) is 6.39 Å². The third-order valence-corrected chi connectivity index (χ3v) is 6.98. The molecule has 3 aliphatic rings. The van der Waals surface area contributed by atoms with E-state index in [9.17, 15) is 9.59 Å². The minimum absolute atomic E-state index is 0.159. The van der Waals surface area contributed by atoms with Crippen LogP contribution in [-0.2, 0) is 9.53 Å². The molecule has 1 N–H and O–H groups in total. The highest BCUT2D eigenvalue weighted by Crippen LogP contribution is 2.47. The van der Waals surface area contributed by atoms with Crippen LogP contribution in [0.15, 0.2) is 17.0 Å². The standard InChI is InChI=1S/C19H27N3O4S/c23-17(11-27-10-15-3-1-6-25-15)22-5-2-4-19(12-22)7-14(8-19)21-18(24)16-9-20-13-26-16/h9,13-15H,1-8,10-12H2,(H,21,24). The van der Waals surface area contributed by atoms with Gasteiger partial charge < -0.3 is 19.4 Å². The summed E-state index contributed by atoms with van der Waals surface area (Å²) >= 11 is 1.70. The summed E-state index contributed by atoms with van der Waals surface area (Å²) in [6.07, 6.45) is 9.32. The molecule has 1 atom stereocenters. The van der Waals surface area contributed by atoms with E-state index in [0.717, 1.165) is 64.0 Å². The molecule has 0 bridgehead atoms. The Morgan fingerprint density at radius 1 is 1.37 bits per heavy atom. The topological polar surface area (TPSA) is 84.7 Å². The normalized spacial score (nSPS) is 30.3. The van der Waals surface area contributed by atoms with Crippen molar-refractivity contribution in [1.82, 2.24) is 15.2 Å². The number of thioether (sulfide) groups is 1. The van der Waals surface area contributed by atoms with Gasteiger partial charge in [0.1, 0.15) is 0 Å². The van der Waals surface area contributed by atoms with Crippen molar-refractivity contribution in [3.8, 4) is 0 Å². The molecule has 3 heterocycles. The Bertz CT molecular complexity index is 654. The van der Waals surface area contributed by atoms with Crippen LogP contribution < -0.4 is 5.32 Å². The first-order valence-electron chi connectivity index (χ1n) is 9.80. The second-order valence-corrected chi connectivity index (χ2v) is 9.04. The van der Waals surface area contributed by atoms with Crippen molar-refractivity contribution in [3.05, 3.63) is 18.4 Å². The minimum atomic E-state index is -0.207. The number of carbonyl (C=O) groups excluding carboxylic acids is 2. The second-order valence-electron chi connectivity index (χ2n) is 8.01. The molecule has 2 amide bonds. The van der Waals surface area contributed by atoms with Gasteiger partial charge in [-0.2, -0.15) is 0 Å². The van der Waals surface area contributed by atoms with Crippen LogP contribution in [0.4, 0.5) is 0 Å². The highest BCUT2D eigenvalue weighted by atomic mass is 32.2. The number of hydrogen-bond donors (Lipinski definition) is 1. The van der Waals surface area contributed by atoms with Gasteiger partial charge >= 0.3 is 0 Å². The molecule has 27 heavy (non-hydrogen) atoms. The lowest BCUT2D eigenvalue weighted by Gasteiger charge is -2.53. The summed E-state index contributed by atoms with van der Waals surface area (Å²) in [6, 6.07) is 0.159. The zero-order valence-corrected chi connectivity index (χ0v) is 16.3. The smallest absolute Gasteiger partial charge is 0.288 e. The average molecular weight is 394 g/mol. The maximum Gasteiger partial charge on any atom is 0.288 e. The molecule has 0 radical (unpaired) electrons. The number of nitrogens with zero attached hydrogens (tertiary/aromatic N) is 2. The Hall–Kier alpha value is -1.54. The molecule has 1 aromatic rings. The summed E-state index contributed by atoms with van der Waals surface area (Å²) in [5, 5.41) is 3.01. The third-order valence-electron chi connectivity index (χ3n) is 5.92. The van der Waals surface area contributed by atoms with Crippen LogP contribution in [0.2, 0.25) is 0 Å². The zero-order valence-electron chi connectivity index (χ0n) is 15.5. The van der Waals surface area contributed by atoms with Crippen molar-refractivity contribution in [3.63, 3.8) is 0 Å². The van der Waals surface area contributed by atoms with Gasteiger partial charge in [-0.25, -0.2) is 4.98 Å². The molecule has 1 saturated carbocycles. The van der Waals surface area contributed by atoms with Crippen molar-refractivity contribution in [2.24, 2.45) is 5.41 Å². The Kier molecular flexibility index (Phi) is 5.73. The number of hydrogen-bond acceptors (Lipinski definition) is 6. The number of likely N-dealkylation sites (tertiary alicyclic amines) is 1. The van der Waals surface area contributed by atoms with Gasteiger partial charge in [-0.1, -0.05) is 0 Å². The number of ether oxygens (including phenoxy) is 1. The fourth-order valence-electron chi connectivity index (χ4n) is 4.57. The predicted molar refractivity (Wildman–Crippen MR) is 102 cm³/mol. The fraction of sp³-hybridized carbons (Fsp3) is 0.737. The van der Waals surface area contributed by atoms with E-state index >= 15 is 0 Å². The molecule has 1 spiro atoms. The number of rotatable bonds is 6. The quantitative estimate of drug-likeness (QED) is 0.797. The average Bonchev–Trinajstić information content (AvgIpc) is 3.34. The van der Waals surface area contributed by atoms with Crippen LogP contribution in [0.25, 0.3) is 0 Å². The summed E-state index contributed by atoms with van der Waals surface area (Å²) in [4.78, 5) is 30.5. The molecular weight excluding hydrogens is 366 g/mol. The number of oxazole rings is 1. The van der Waals surface area contributed by atoms with E-state index in [1.54, 1.807) is 11.8 Å². The molecule has 1 unspecified atom stereocenters. The molecule has 1 aliphatic carbocycles. The van der Waals surface area contributed by atoms with Gasteiger partial charge in [-0.3, -0.25) is 9.59 Å². The van der Waals surface area contributed by atoms with Crippen LogP contribution in [0, 0.1) is 5.41 Å². The first-order chi connectivity index (χ1) is 13.1. The van der Waals surface area contributed by atoms with Crippen molar-refractivity contribution in [2.45, 2.75) is 50.7 Å². The van der Waals surface area contributed by atoms with Gasteiger partial charge in [-0.05, 0) is 43.9 Å². The van der Waals surface area contributed by atoms with Gasteiger partial charge in [0.05, 0.1) is 18.1 Å². The van der Waals surface area contributed by atoms with Crippen LogP contribution in [0.1, 0.15) is 49.1 Å². The van der Waals surface area contributed by atoms with Gasteiger partial charge in [0.25, 0.3) is 5.91 Å². The lowest BCUT2D eigenvalue weighted by atomic mass is 9.61. The Morgan fingerprint density at radius 3 is 3.00 bits per heavy atom. The molecule has 8 heteroatoms. The first-order valence-corrected chi connectivity index (χ1v) is 11.0. The number of amides is 2. The van der Waals surface area contributed by atoms with E-state index in [2.05, 4.69) is 10.3 Å². The van der Waals surface area contributed by atoms with Crippen LogP contribution >= 0.6 is 11.8 Å². The van der Waals surface area contributed by atoms with Crippen LogP contribution in [0.5, 0.6) is 0 Å². The van der Waals surface area contributed by atoms with Crippen molar-refractivity contribution in [1.29, 1.82) is 0 Å². The molecule has 1 aromatic heterocycles. The third kappa shape index (κ3) is 4.48. The van der Waals surface area contributed by atoms with Crippen molar-refractivity contribution < 1.29 is 18.7 Å². The fourth-order valence-corrected chi connectivity index (χ4v) is 5.57. The Balaban J connectivity index is 1.20. The molecule has 2 saturated heterocycles. The van der Waals surface area contributed by atoms with E-state index in [-0.39, 0.29) is 29.0 Å². The molecule has 4 rings (SSSR count). The molecule has 148 valence electrons. The van der Waals surface area contributed by atoms with E-state index in [1.807, 2.05) is 4.90 Å². The maximum absolute atomic E-state index is 12.6. The highest BCUT2D eigenvalue weighted by Gasteiger charge is 2.47. The number of piperidine rings is 1. The summed E-state index contributed by atoms with van der Waals surface area (Å²) in [6.45, 7) is 2.54. The molecule has 0 aromatic carbocycles. The summed E-state index contributed by atoms with van der Waals surface area (Å²) in [5.41, 5.74) is 0.173. The Morgan fingerprint density at radius 2 is 2.26 bits per heavy atom. The summed E-state index contributed by atoms with van der Waals surface area (Å²) < 4.78 is 10.7. The second kappa shape index (κ2) is 8.22. The first kappa shape index (κ1) is 18.8. The van der Waals surface area contributed by atoms with E-state index in [4.69, 9.17) is 9.15 Å². The van der Waals surface area contributed by atoms with E-state index in [0.29, 0.717) is 11.9 Å². The molecule has 7 nitrogen and oxygen atoms in total. The predicted octanol–water partition coefficient (Wildman–Crippen LogP) is 2.09. The number of nitrogens with one attached hydrogen (secondary N) is 1. The molecule has 3 fully saturated rings. The largest absolute Gasteiger partial charge is 0.438 e.